The highest BCUT2D eigenvalue weighted by Gasteiger charge is 2.34. The molecule has 0 atom stereocenters. The summed E-state index contributed by atoms with van der Waals surface area (Å²) in [6.45, 7) is 0. The molecule has 0 aliphatic rings. The van der Waals surface area contributed by atoms with Crippen molar-refractivity contribution in [3.63, 3.8) is 0 Å². The lowest BCUT2D eigenvalue weighted by atomic mass is 9.90. The first kappa shape index (κ1) is 30.2. The Morgan fingerprint density at radius 2 is 1.13 bits per heavy atom. The van der Waals surface area contributed by atoms with Crippen molar-refractivity contribution in [3.8, 4) is 46.1 Å². The number of hydrogen-bond donors (Lipinski definition) is 4. The minimum atomic E-state index is -1.63. The molecule has 0 saturated carbocycles. The minimum Gasteiger partial charge on any atom is -0.497 e. The summed E-state index contributed by atoms with van der Waals surface area (Å²) < 4.78 is 22.8. The quantitative estimate of drug-likeness (QED) is 0.186. The molecule has 0 saturated heterocycles. The summed E-state index contributed by atoms with van der Waals surface area (Å²) in [5.74, 6) is -2.60. The fourth-order valence-electron chi connectivity index (χ4n) is 4.97. The molecule has 0 unspecified atom stereocenters. The molecule has 0 spiro atoms. The van der Waals surface area contributed by atoms with Crippen molar-refractivity contribution in [2.45, 2.75) is 5.92 Å². The van der Waals surface area contributed by atoms with Crippen LogP contribution in [0.5, 0.6) is 34.8 Å². The Bertz CT molecular complexity index is 2000. The van der Waals surface area contributed by atoms with Crippen molar-refractivity contribution < 1.29 is 29.2 Å². The van der Waals surface area contributed by atoms with E-state index in [1.165, 1.54) is 65.0 Å². The van der Waals surface area contributed by atoms with Gasteiger partial charge in [-0.25, -0.2) is 18.7 Å². The van der Waals surface area contributed by atoms with E-state index >= 15 is 0 Å². The molecule has 0 amide bonds. The number of aromatic amines is 2. The van der Waals surface area contributed by atoms with Crippen LogP contribution in [0.4, 0.5) is 0 Å². The third-order valence-corrected chi connectivity index (χ3v) is 7.06. The van der Waals surface area contributed by atoms with Crippen LogP contribution in [0.25, 0.3) is 11.4 Å². The van der Waals surface area contributed by atoms with Crippen LogP contribution in [0.3, 0.4) is 0 Å². The molecule has 5 rings (SSSR count). The van der Waals surface area contributed by atoms with E-state index in [4.69, 9.17) is 18.9 Å². The molecule has 0 bridgehead atoms. The fourth-order valence-corrected chi connectivity index (χ4v) is 4.97. The zero-order valence-electron chi connectivity index (χ0n) is 24.4. The zero-order chi connectivity index (χ0) is 32.4. The Labute approximate surface area is 253 Å². The number of pyridine rings is 1. The van der Waals surface area contributed by atoms with Crippen molar-refractivity contribution in [1.82, 2.24) is 24.1 Å². The molecule has 2 aromatic carbocycles. The van der Waals surface area contributed by atoms with Gasteiger partial charge < -0.3 is 29.2 Å². The van der Waals surface area contributed by atoms with Gasteiger partial charge in [-0.1, -0.05) is 6.07 Å². The van der Waals surface area contributed by atoms with Gasteiger partial charge in [0.25, 0.3) is 11.1 Å². The van der Waals surface area contributed by atoms with Crippen LogP contribution < -0.4 is 41.4 Å². The van der Waals surface area contributed by atoms with Crippen LogP contribution in [0.15, 0.2) is 80.0 Å². The summed E-state index contributed by atoms with van der Waals surface area (Å²) in [4.78, 5) is 62.0. The number of nitrogens with zero attached hydrogens (tertiary/aromatic N) is 3. The van der Waals surface area contributed by atoms with Gasteiger partial charge in [0.05, 0.1) is 62.6 Å². The van der Waals surface area contributed by atoms with Crippen molar-refractivity contribution in [3.05, 3.63) is 119 Å². The van der Waals surface area contributed by atoms with Crippen LogP contribution in [0.1, 0.15) is 22.7 Å². The van der Waals surface area contributed by atoms with Gasteiger partial charge in [-0.15, -0.1) is 0 Å². The maximum Gasteiger partial charge on any atom is 0.335 e. The zero-order valence-corrected chi connectivity index (χ0v) is 24.4. The molecule has 0 fully saturated rings. The van der Waals surface area contributed by atoms with Crippen LogP contribution in [-0.4, -0.2) is 62.7 Å². The Balaban J connectivity index is 1.90. The number of rotatable bonds is 9. The SMILES string of the molecule is COc1ccc(OC)c(-n2c(O)c(C(c3ccccn3)c3c(O)n(-c4cc(OC)ccc4OC)c(=O)[nH]c3=O)c(=O)[nH]c2=O)c1. The van der Waals surface area contributed by atoms with Gasteiger partial charge in [0.2, 0.25) is 11.8 Å². The second-order valence-corrected chi connectivity index (χ2v) is 9.43. The second kappa shape index (κ2) is 12.2. The molecular weight excluding hydrogens is 590 g/mol. The third kappa shape index (κ3) is 5.26. The maximum atomic E-state index is 13.5. The highest BCUT2D eigenvalue weighted by molar-refractivity contribution is 5.57. The first-order valence-corrected chi connectivity index (χ1v) is 13.2. The highest BCUT2D eigenvalue weighted by atomic mass is 16.5. The van der Waals surface area contributed by atoms with Gasteiger partial charge in [0, 0.05) is 18.3 Å². The van der Waals surface area contributed by atoms with Crippen LogP contribution in [-0.2, 0) is 0 Å². The molecule has 232 valence electrons. The predicted molar refractivity (Wildman–Crippen MR) is 160 cm³/mol. The third-order valence-electron chi connectivity index (χ3n) is 7.06. The van der Waals surface area contributed by atoms with E-state index < -0.39 is 51.3 Å². The summed E-state index contributed by atoms with van der Waals surface area (Å²) in [6.07, 6.45) is 1.36. The number of nitrogens with one attached hydrogen (secondary N) is 2. The highest BCUT2D eigenvalue weighted by Crippen LogP contribution is 2.39. The molecular formula is C30H27N5O10. The van der Waals surface area contributed by atoms with Crippen molar-refractivity contribution in [2.75, 3.05) is 28.4 Å². The van der Waals surface area contributed by atoms with Crippen molar-refractivity contribution in [2.24, 2.45) is 0 Å². The maximum absolute atomic E-state index is 13.5. The lowest BCUT2D eigenvalue weighted by Crippen LogP contribution is -2.37. The standard InChI is InChI=1S/C30H27N5O10/c1-42-15-8-10-20(44-3)18(13-15)34-27(38)23(25(36)32-29(34)40)22(17-7-5-6-12-31-17)24-26(37)33-30(41)35(28(24)39)19-14-16(43-2)9-11-21(19)45-4/h5-14,22,38-39H,1-4H3,(H,32,36,40)(H,33,37,41). The number of benzene rings is 2. The number of methoxy groups -OCH3 is 4. The normalized spacial score (nSPS) is 11.0. The number of aromatic nitrogens is 5. The summed E-state index contributed by atoms with van der Waals surface area (Å²) in [5.41, 5.74) is -5.41. The van der Waals surface area contributed by atoms with Crippen molar-refractivity contribution >= 4 is 0 Å². The molecule has 15 heteroatoms. The molecule has 5 aromatic rings. The Hall–Kier alpha value is -6.25. The second-order valence-electron chi connectivity index (χ2n) is 9.43. The van der Waals surface area contributed by atoms with Crippen LogP contribution in [0, 0.1) is 0 Å². The van der Waals surface area contributed by atoms with Gasteiger partial charge in [-0.3, -0.25) is 24.5 Å². The first-order valence-electron chi connectivity index (χ1n) is 13.2. The summed E-state index contributed by atoms with van der Waals surface area (Å²) in [7, 11) is 5.46. The monoisotopic (exact) mass is 617 g/mol. The topological polar surface area (TPSA) is 200 Å². The molecule has 3 aromatic heterocycles. The van der Waals surface area contributed by atoms with Gasteiger partial charge in [-0.05, 0) is 36.4 Å². The number of H-pyrrole nitrogens is 2. The molecule has 15 nitrogen and oxygen atoms in total. The van der Waals surface area contributed by atoms with Gasteiger partial charge in [0.1, 0.15) is 23.0 Å². The van der Waals surface area contributed by atoms with E-state index in [1.807, 2.05) is 0 Å². The molecule has 45 heavy (non-hydrogen) atoms. The van der Waals surface area contributed by atoms with Crippen LogP contribution >= 0.6 is 0 Å². The van der Waals surface area contributed by atoms with E-state index in [9.17, 15) is 29.4 Å². The Kier molecular flexibility index (Phi) is 8.17. The first-order chi connectivity index (χ1) is 21.6. The summed E-state index contributed by atoms with van der Waals surface area (Å²) >= 11 is 0. The van der Waals surface area contributed by atoms with Gasteiger partial charge >= 0.3 is 11.4 Å². The molecule has 4 N–H and O–H groups in total. The lowest BCUT2D eigenvalue weighted by Gasteiger charge is -2.22. The van der Waals surface area contributed by atoms with E-state index in [-0.39, 0.29) is 28.6 Å². The number of ether oxygens (including phenoxy) is 4. The van der Waals surface area contributed by atoms with E-state index in [2.05, 4.69) is 15.0 Å². The van der Waals surface area contributed by atoms with E-state index in [1.54, 1.807) is 24.3 Å². The molecule has 3 heterocycles. The summed E-state index contributed by atoms with van der Waals surface area (Å²) in [5, 5.41) is 23.3. The van der Waals surface area contributed by atoms with Gasteiger partial charge in [0.15, 0.2) is 0 Å². The van der Waals surface area contributed by atoms with E-state index in [0.29, 0.717) is 11.5 Å². The fraction of sp³-hybridized carbons (Fsp3) is 0.167. The number of hydrogen-bond acceptors (Lipinski definition) is 11. The molecule has 0 radical (unpaired) electrons. The molecule has 0 aliphatic heterocycles. The number of aromatic hydroxyl groups is 2. The average molecular weight is 618 g/mol. The Morgan fingerprint density at radius 3 is 1.51 bits per heavy atom. The summed E-state index contributed by atoms with van der Waals surface area (Å²) in [6, 6.07) is 13.4. The largest absolute Gasteiger partial charge is 0.497 e. The average Bonchev–Trinajstić information content (AvgIpc) is 3.03. The van der Waals surface area contributed by atoms with E-state index in [0.717, 1.165) is 9.13 Å². The molecule has 0 aliphatic carbocycles. The predicted octanol–water partition coefficient (Wildman–Crippen LogP) is 1.39. The lowest BCUT2D eigenvalue weighted by molar-refractivity contribution is 0.388. The minimum absolute atomic E-state index is 0.00436. The Morgan fingerprint density at radius 1 is 0.667 bits per heavy atom. The smallest absolute Gasteiger partial charge is 0.335 e. The van der Waals surface area contributed by atoms with Gasteiger partial charge in [-0.2, -0.15) is 0 Å². The van der Waals surface area contributed by atoms with Crippen LogP contribution in [0.2, 0.25) is 0 Å². The van der Waals surface area contributed by atoms with Crippen molar-refractivity contribution in [1.29, 1.82) is 0 Å².